The second-order valence-electron chi connectivity index (χ2n) is 6.57. The summed E-state index contributed by atoms with van der Waals surface area (Å²) in [6.45, 7) is 0. The van der Waals surface area contributed by atoms with Crippen LogP contribution in [0.25, 0.3) is 22.2 Å². The third-order valence-electron chi connectivity index (χ3n) is 4.73. The van der Waals surface area contributed by atoms with Crippen LogP contribution < -0.4 is 10.6 Å². The van der Waals surface area contributed by atoms with Crippen molar-refractivity contribution in [2.24, 2.45) is 0 Å². The molecule has 1 aliphatic carbocycles. The normalized spacial score (nSPS) is 14.8. The van der Waals surface area contributed by atoms with E-state index >= 15 is 0 Å². The lowest BCUT2D eigenvalue weighted by atomic mass is 10.1. The molecule has 1 aliphatic rings. The average molecular weight is 354 g/mol. The third-order valence-corrected chi connectivity index (χ3v) is 4.96. The smallest absolute Gasteiger partial charge is 0.319 e. The van der Waals surface area contributed by atoms with Crippen LogP contribution in [0.15, 0.2) is 48.5 Å². The van der Waals surface area contributed by atoms with Gasteiger partial charge in [-0.15, -0.1) is 0 Å². The molecule has 4 nitrogen and oxygen atoms in total. The van der Waals surface area contributed by atoms with Crippen LogP contribution >= 0.6 is 11.6 Å². The molecule has 5 heteroatoms. The number of amides is 2. The molecule has 1 fully saturated rings. The second kappa shape index (κ2) is 6.81. The molecule has 4 rings (SSSR count). The van der Waals surface area contributed by atoms with E-state index in [-0.39, 0.29) is 6.03 Å². The van der Waals surface area contributed by atoms with E-state index in [9.17, 15) is 4.79 Å². The number of aromatic amines is 1. The van der Waals surface area contributed by atoms with Gasteiger partial charge in [0, 0.05) is 33.3 Å². The Morgan fingerprint density at radius 1 is 1.04 bits per heavy atom. The predicted octanol–water partition coefficient (Wildman–Crippen LogP) is 5.55. The summed E-state index contributed by atoms with van der Waals surface area (Å²) in [6.07, 6.45) is 4.57. The summed E-state index contributed by atoms with van der Waals surface area (Å²) in [5.41, 5.74) is 3.93. The number of urea groups is 1. The highest BCUT2D eigenvalue weighted by Crippen LogP contribution is 2.27. The minimum Gasteiger partial charge on any atom is -0.355 e. The molecular formula is C20H20ClN3O. The van der Waals surface area contributed by atoms with Crippen LogP contribution in [-0.4, -0.2) is 17.1 Å². The SMILES string of the molecule is O=C(Nc1ccc(-c2cc3cc(Cl)ccc3[nH]2)cc1)NC1CCCC1. The van der Waals surface area contributed by atoms with Crippen molar-refractivity contribution in [1.82, 2.24) is 10.3 Å². The molecule has 3 N–H and O–H groups in total. The summed E-state index contributed by atoms with van der Waals surface area (Å²) >= 11 is 6.04. The number of H-pyrrole nitrogens is 1. The van der Waals surface area contributed by atoms with Gasteiger partial charge in [0.2, 0.25) is 0 Å². The van der Waals surface area contributed by atoms with E-state index in [4.69, 9.17) is 11.6 Å². The Balaban J connectivity index is 1.46. The standard InChI is InChI=1S/C20H20ClN3O/c21-15-7-10-18-14(11-15)12-19(24-18)13-5-8-17(9-6-13)23-20(25)22-16-3-1-2-4-16/h5-12,16,24H,1-4H2,(H2,22,23,25). The Morgan fingerprint density at radius 3 is 2.56 bits per heavy atom. The second-order valence-corrected chi connectivity index (χ2v) is 7.01. The highest BCUT2D eigenvalue weighted by molar-refractivity contribution is 6.31. The van der Waals surface area contributed by atoms with Crippen LogP contribution in [0.1, 0.15) is 25.7 Å². The van der Waals surface area contributed by atoms with Crippen LogP contribution in [0.4, 0.5) is 10.5 Å². The van der Waals surface area contributed by atoms with E-state index in [0.717, 1.165) is 45.7 Å². The average Bonchev–Trinajstić information content (AvgIpc) is 3.24. The number of anilines is 1. The van der Waals surface area contributed by atoms with Crippen molar-refractivity contribution in [1.29, 1.82) is 0 Å². The lowest BCUT2D eigenvalue weighted by molar-refractivity contribution is 0.248. The van der Waals surface area contributed by atoms with Gasteiger partial charge in [-0.2, -0.15) is 0 Å². The van der Waals surface area contributed by atoms with Crippen molar-refractivity contribution < 1.29 is 4.79 Å². The van der Waals surface area contributed by atoms with E-state index in [1.165, 1.54) is 12.8 Å². The molecule has 0 unspecified atom stereocenters. The zero-order valence-corrected chi connectivity index (χ0v) is 14.6. The number of hydrogen-bond donors (Lipinski definition) is 3. The molecule has 3 aromatic rings. The number of nitrogens with one attached hydrogen (secondary N) is 3. The molecule has 0 aliphatic heterocycles. The minimum atomic E-state index is -0.125. The Labute approximate surface area is 151 Å². The van der Waals surface area contributed by atoms with Crippen molar-refractivity contribution in [2.45, 2.75) is 31.7 Å². The van der Waals surface area contributed by atoms with Crippen LogP contribution in [-0.2, 0) is 0 Å². The number of carbonyl (C=O) groups is 1. The van der Waals surface area contributed by atoms with E-state index in [0.29, 0.717) is 6.04 Å². The minimum absolute atomic E-state index is 0.125. The van der Waals surface area contributed by atoms with Crippen molar-refractivity contribution >= 4 is 34.2 Å². The fourth-order valence-corrected chi connectivity index (χ4v) is 3.60. The zero-order chi connectivity index (χ0) is 17.2. The maximum Gasteiger partial charge on any atom is 0.319 e. The molecule has 2 aromatic carbocycles. The lowest BCUT2D eigenvalue weighted by Crippen LogP contribution is -2.36. The highest BCUT2D eigenvalue weighted by Gasteiger charge is 2.16. The van der Waals surface area contributed by atoms with Gasteiger partial charge < -0.3 is 15.6 Å². The molecule has 1 aromatic heterocycles. The van der Waals surface area contributed by atoms with Crippen LogP contribution in [0, 0.1) is 0 Å². The summed E-state index contributed by atoms with van der Waals surface area (Å²) in [7, 11) is 0. The number of aromatic nitrogens is 1. The highest BCUT2D eigenvalue weighted by atomic mass is 35.5. The van der Waals surface area contributed by atoms with Gasteiger partial charge in [0.25, 0.3) is 0 Å². The summed E-state index contributed by atoms with van der Waals surface area (Å²) in [6, 6.07) is 15.9. The van der Waals surface area contributed by atoms with Crippen LogP contribution in [0.2, 0.25) is 5.02 Å². The molecule has 1 heterocycles. The molecule has 0 bridgehead atoms. The van der Waals surface area contributed by atoms with Gasteiger partial charge in [-0.05, 0) is 54.8 Å². The van der Waals surface area contributed by atoms with Gasteiger partial charge in [0.1, 0.15) is 0 Å². The number of rotatable bonds is 3. The van der Waals surface area contributed by atoms with Gasteiger partial charge in [-0.1, -0.05) is 36.6 Å². The monoisotopic (exact) mass is 353 g/mol. The summed E-state index contributed by atoms with van der Waals surface area (Å²) in [5, 5.41) is 7.74. The van der Waals surface area contributed by atoms with Crippen molar-refractivity contribution in [2.75, 3.05) is 5.32 Å². The van der Waals surface area contributed by atoms with Crippen molar-refractivity contribution in [3.8, 4) is 11.3 Å². The predicted molar refractivity (Wildman–Crippen MR) is 103 cm³/mol. The number of hydrogen-bond acceptors (Lipinski definition) is 1. The van der Waals surface area contributed by atoms with Crippen molar-refractivity contribution in [3.05, 3.63) is 53.6 Å². The largest absolute Gasteiger partial charge is 0.355 e. The molecule has 0 atom stereocenters. The maximum absolute atomic E-state index is 12.0. The van der Waals surface area contributed by atoms with E-state index in [1.807, 2.05) is 42.5 Å². The zero-order valence-electron chi connectivity index (χ0n) is 13.8. The molecule has 1 saturated carbocycles. The molecular weight excluding hydrogens is 334 g/mol. The van der Waals surface area contributed by atoms with Gasteiger partial charge in [-0.3, -0.25) is 0 Å². The number of fused-ring (bicyclic) bond motifs is 1. The van der Waals surface area contributed by atoms with Gasteiger partial charge >= 0.3 is 6.03 Å². The molecule has 0 radical (unpaired) electrons. The summed E-state index contributed by atoms with van der Waals surface area (Å²) < 4.78 is 0. The molecule has 0 saturated heterocycles. The van der Waals surface area contributed by atoms with Crippen LogP contribution in [0.5, 0.6) is 0 Å². The Bertz CT molecular complexity index is 895. The van der Waals surface area contributed by atoms with Gasteiger partial charge in [0.05, 0.1) is 0 Å². The van der Waals surface area contributed by atoms with E-state index < -0.39 is 0 Å². The van der Waals surface area contributed by atoms with Crippen molar-refractivity contribution in [3.63, 3.8) is 0 Å². The quantitative estimate of drug-likeness (QED) is 0.567. The first kappa shape index (κ1) is 16.0. The summed E-state index contributed by atoms with van der Waals surface area (Å²) in [4.78, 5) is 15.4. The number of carbonyl (C=O) groups excluding carboxylic acids is 1. The van der Waals surface area contributed by atoms with E-state index in [2.05, 4.69) is 21.7 Å². The first-order valence-electron chi connectivity index (χ1n) is 8.64. The van der Waals surface area contributed by atoms with Gasteiger partial charge in [-0.25, -0.2) is 4.79 Å². The first-order chi connectivity index (χ1) is 12.2. The Morgan fingerprint density at radius 2 is 1.80 bits per heavy atom. The third kappa shape index (κ3) is 3.64. The molecule has 25 heavy (non-hydrogen) atoms. The fraction of sp³-hybridized carbons (Fsp3) is 0.250. The summed E-state index contributed by atoms with van der Waals surface area (Å²) in [5.74, 6) is 0. The lowest BCUT2D eigenvalue weighted by Gasteiger charge is -2.13. The first-order valence-corrected chi connectivity index (χ1v) is 9.01. The maximum atomic E-state index is 12.0. The van der Waals surface area contributed by atoms with Gasteiger partial charge in [0.15, 0.2) is 0 Å². The Hall–Kier alpha value is -2.46. The molecule has 0 spiro atoms. The van der Waals surface area contributed by atoms with Crippen LogP contribution in [0.3, 0.4) is 0 Å². The number of benzene rings is 2. The topological polar surface area (TPSA) is 56.9 Å². The molecule has 128 valence electrons. The molecule has 2 amide bonds. The van der Waals surface area contributed by atoms with E-state index in [1.54, 1.807) is 0 Å². The number of halogens is 1. The Kier molecular flexibility index (Phi) is 4.36. The fourth-order valence-electron chi connectivity index (χ4n) is 3.41.